The van der Waals surface area contributed by atoms with Gasteiger partial charge in [0, 0.05) is 38.8 Å². The van der Waals surface area contributed by atoms with Crippen LogP contribution in [0.25, 0.3) is 0 Å². The van der Waals surface area contributed by atoms with Crippen molar-refractivity contribution in [2.45, 2.75) is 50.7 Å². The lowest BCUT2D eigenvalue weighted by Crippen LogP contribution is -2.33. The Kier molecular flexibility index (Phi) is 4.54. The zero-order valence-corrected chi connectivity index (χ0v) is 14.8. The maximum absolute atomic E-state index is 12.8. The van der Waals surface area contributed by atoms with Crippen molar-refractivity contribution >= 4 is 5.91 Å². The van der Waals surface area contributed by atoms with Gasteiger partial charge in [-0.1, -0.05) is 6.07 Å². The van der Waals surface area contributed by atoms with Crippen molar-refractivity contribution in [1.82, 2.24) is 4.90 Å². The number of amides is 1. The molecule has 0 bridgehead atoms. The second kappa shape index (κ2) is 6.99. The second-order valence-electron chi connectivity index (χ2n) is 7.29. The minimum absolute atomic E-state index is 0.159. The standard InChI is InChI=1S/C20H23N3O3/c1-2-3-9-20(21-22-20)10-8-19(24)23(12-15-4-5-15)13-16-6-7-17-18(11-16)26-14-25-17/h1,6-7,11,15H,3-5,8-10,12-14H2. The van der Waals surface area contributed by atoms with Crippen LogP contribution in [0.3, 0.4) is 0 Å². The molecule has 0 spiro atoms. The summed E-state index contributed by atoms with van der Waals surface area (Å²) in [4.78, 5) is 14.8. The van der Waals surface area contributed by atoms with Gasteiger partial charge < -0.3 is 14.4 Å². The van der Waals surface area contributed by atoms with Crippen LogP contribution < -0.4 is 9.47 Å². The summed E-state index contributed by atoms with van der Waals surface area (Å²) in [6, 6.07) is 5.88. The Morgan fingerprint density at radius 2 is 2.08 bits per heavy atom. The molecule has 1 aliphatic carbocycles. The van der Waals surface area contributed by atoms with Gasteiger partial charge in [-0.25, -0.2) is 0 Å². The van der Waals surface area contributed by atoms with Gasteiger partial charge in [-0.15, -0.1) is 12.3 Å². The van der Waals surface area contributed by atoms with E-state index in [9.17, 15) is 4.79 Å². The van der Waals surface area contributed by atoms with Crippen molar-refractivity contribution in [1.29, 1.82) is 0 Å². The molecule has 1 saturated carbocycles. The van der Waals surface area contributed by atoms with Crippen LogP contribution in [0.5, 0.6) is 11.5 Å². The molecule has 2 aliphatic heterocycles. The summed E-state index contributed by atoms with van der Waals surface area (Å²) in [6.07, 6.45) is 10.2. The Labute approximate surface area is 153 Å². The van der Waals surface area contributed by atoms with Crippen molar-refractivity contribution in [3.8, 4) is 23.8 Å². The number of terminal acetylenes is 1. The fourth-order valence-electron chi connectivity index (χ4n) is 3.26. The Balaban J connectivity index is 1.36. The molecule has 26 heavy (non-hydrogen) atoms. The van der Waals surface area contributed by atoms with Crippen LogP contribution in [0.1, 0.15) is 44.1 Å². The van der Waals surface area contributed by atoms with Gasteiger partial charge in [0.1, 0.15) is 0 Å². The summed E-state index contributed by atoms with van der Waals surface area (Å²) in [5.74, 6) is 4.94. The second-order valence-corrected chi connectivity index (χ2v) is 7.29. The van der Waals surface area contributed by atoms with E-state index in [0.717, 1.165) is 30.0 Å². The number of carbonyl (C=O) groups is 1. The molecule has 0 atom stereocenters. The third-order valence-corrected chi connectivity index (χ3v) is 5.13. The zero-order valence-electron chi connectivity index (χ0n) is 14.8. The van der Waals surface area contributed by atoms with Gasteiger partial charge in [0.2, 0.25) is 12.7 Å². The van der Waals surface area contributed by atoms with E-state index < -0.39 is 5.66 Å². The molecule has 0 saturated heterocycles. The Morgan fingerprint density at radius 1 is 1.27 bits per heavy atom. The topological polar surface area (TPSA) is 63.5 Å². The van der Waals surface area contributed by atoms with E-state index in [-0.39, 0.29) is 12.7 Å². The minimum Gasteiger partial charge on any atom is -0.454 e. The molecule has 0 unspecified atom stereocenters. The first-order chi connectivity index (χ1) is 12.7. The Hall–Kier alpha value is -2.55. The van der Waals surface area contributed by atoms with Crippen molar-refractivity contribution < 1.29 is 14.3 Å². The van der Waals surface area contributed by atoms with Crippen molar-refractivity contribution in [2.24, 2.45) is 16.1 Å². The SMILES string of the molecule is C#CCCC1(CCC(=O)N(Cc2ccc3c(c2)OCO3)CC2CC2)N=N1. The number of carbonyl (C=O) groups excluding carboxylic acids is 1. The number of benzene rings is 1. The third kappa shape index (κ3) is 3.98. The first-order valence-electron chi connectivity index (χ1n) is 9.21. The highest BCUT2D eigenvalue weighted by molar-refractivity contribution is 5.76. The summed E-state index contributed by atoms with van der Waals surface area (Å²) in [5.41, 5.74) is 0.664. The van der Waals surface area contributed by atoms with Gasteiger partial charge in [0.05, 0.1) is 0 Å². The number of rotatable bonds is 9. The number of fused-ring (bicyclic) bond motifs is 1. The molecule has 1 aromatic carbocycles. The number of ether oxygens (including phenoxy) is 2. The predicted molar refractivity (Wildman–Crippen MR) is 95.6 cm³/mol. The molecule has 1 aromatic rings. The lowest BCUT2D eigenvalue weighted by Gasteiger charge is -2.23. The molecule has 2 heterocycles. The summed E-state index contributed by atoms with van der Waals surface area (Å²) in [7, 11) is 0. The van der Waals surface area contributed by atoms with E-state index in [1.807, 2.05) is 23.1 Å². The minimum atomic E-state index is -0.397. The van der Waals surface area contributed by atoms with Crippen LogP contribution in [0.2, 0.25) is 0 Å². The molecule has 0 aromatic heterocycles. The fourth-order valence-corrected chi connectivity index (χ4v) is 3.26. The number of nitrogens with zero attached hydrogens (tertiary/aromatic N) is 3. The van der Waals surface area contributed by atoms with Gasteiger partial charge in [0.15, 0.2) is 17.2 Å². The van der Waals surface area contributed by atoms with E-state index >= 15 is 0 Å². The van der Waals surface area contributed by atoms with Crippen LogP contribution in [0, 0.1) is 18.3 Å². The van der Waals surface area contributed by atoms with Crippen LogP contribution in [0.4, 0.5) is 0 Å². The van der Waals surface area contributed by atoms with Crippen molar-refractivity contribution in [3.05, 3.63) is 23.8 Å². The molecule has 4 rings (SSSR count). The highest BCUT2D eigenvalue weighted by Gasteiger charge is 2.40. The van der Waals surface area contributed by atoms with E-state index in [1.54, 1.807) is 0 Å². The van der Waals surface area contributed by atoms with Crippen LogP contribution in [-0.2, 0) is 11.3 Å². The number of hydrogen-bond donors (Lipinski definition) is 0. The molecule has 3 aliphatic rings. The van der Waals surface area contributed by atoms with Gasteiger partial charge >= 0.3 is 0 Å². The van der Waals surface area contributed by atoms with Crippen molar-refractivity contribution in [2.75, 3.05) is 13.3 Å². The molecule has 0 N–H and O–H groups in total. The van der Waals surface area contributed by atoms with Crippen LogP contribution in [0.15, 0.2) is 28.4 Å². The molecule has 0 radical (unpaired) electrons. The molecule has 1 amide bonds. The molecular weight excluding hydrogens is 330 g/mol. The summed E-state index contributed by atoms with van der Waals surface area (Å²) in [6.45, 7) is 1.67. The summed E-state index contributed by atoms with van der Waals surface area (Å²) in [5, 5.41) is 8.26. The van der Waals surface area contributed by atoms with Gasteiger partial charge in [-0.3, -0.25) is 4.79 Å². The lowest BCUT2D eigenvalue weighted by atomic mass is 10.0. The molecule has 6 nitrogen and oxygen atoms in total. The summed E-state index contributed by atoms with van der Waals surface area (Å²) >= 11 is 0. The largest absolute Gasteiger partial charge is 0.454 e. The monoisotopic (exact) mass is 353 g/mol. The maximum atomic E-state index is 12.8. The Bertz CT molecular complexity index is 758. The smallest absolute Gasteiger partial charge is 0.231 e. The third-order valence-electron chi connectivity index (χ3n) is 5.13. The maximum Gasteiger partial charge on any atom is 0.231 e. The molecule has 136 valence electrons. The lowest BCUT2D eigenvalue weighted by molar-refractivity contribution is -0.132. The van der Waals surface area contributed by atoms with E-state index in [4.69, 9.17) is 15.9 Å². The van der Waals surface area contributed by atoms with E-state index in [2.05, 4.69) is 16.1 Å². The predicted octanol–water partition coefficient (Wildman–Crippen LogP) is 3.51. The summed E-state index contributed by atoms with van der Waals surface area (Å²) < 4.78 is 10.8. The van der Waals surface area contributed by atoms with Gasteiger partial charge in [0.25, 0.3) is 0 Å². The van der Waals surface area contributed by atoms with Crippen molar-refractivity contribution in [3.63, 3.8) is 0 Å². The van der Waals surface area contributed by atoms with Crippen LogP contribution in [-0.4, -0.2) is 29.8 Å². The van der Waals surface area contributed by atoms with Gasteiger partial charge in [-0.05, 0) is 36.5 Å². The fraction of sp³-hybridized carbons (Fsp3) is 0.550. The average molecular weight is 353 g/mol. The van der Waals surface area contributed by atoms with Crippen LogP contribution >= 0.6 is 0 Å². The van der Waals surface area contributed by atoms with E-state index in [0.29, 0.717) is 31.7 Å². The zero-order chi connectivity index (χ0) is 18.0. The molecule has 6 heteroatoms. The molecule has 1 fully saturated rings. The molecular formula is C20H23N3O3. The first-order valence-corrected chi connectivity index (χ1v) is 9.21. The average Bonchev–Trinajstić information content (AvgIpc) is 3.57. The first kappa shape index (κ1) is 16.9. The van der Waals surface area contributed by atoms with Gasteiger partial charge in [-0.2, -0.15) is 10.2 Å². The number of hydrogen-bond acceptors (Lipinski definition) is 5. The Morgan fingerprint density at radius 3 is 2.81 bits per heavy atom. The normalized spacial score (nSPS) is 18.4. The highest BCUT2D eigenvalue weighted by atomic mass is 16.7. The highest BCUT2D eigenvalue weighted by Crippen LogP contribution is 2.38. The van der Waals surface area contributed by atoms with E-state index in [1.165, 1.54) is 12.8 Å². The quantitative estimate of drug-likeness (QED) is 0.638.